The maximum atomic E-state index is 11.7. The van der Waals surface area contributed by atoms with Crippen LogP contribution in [0, 0.1) is 5.92 Å². The second-order valence-electron chi connectivity index (χ2n) is 5.37. The maximum absolute atomic E-state index is 11.7. The largest absolute Gasteiger partial charge is 0.393 e. The van der Waals surface area contributed by atoms with Crippen molar-refractivity contribution in [3.63, 3.8) is 0 Å². The van der Waals surface area contributed by atoms with Gasteiger partial charge in [0.25, 0.3) is 0 Å². The minimum Gasteiger partial charge on any atom is -0.393 e. The molecule has 1 aliphatic rings. The predicted molar refractivity (Wildman–Crippen MR) is 86.6 cm³/mol. The lowest BCUT2D eigenvalue weighted by molar-refractivity contribution is 0.212. The van der Waals surface area contributed by atoms with Crippen LogP contribution in [0.25, 0.3) is 5.82 Å². The van der Waals surface area contributed by atoms with Gasteiger partial charge in [-0.15, -0.1) is 0 Å². The fourth-order valence-electron chi connectivity index (χ4n) is 2.41. The lowest BCUT2D eigenvalue weighted by Gasteiger charge is -2.38. The van der Waals surface area contributed by atoms with E-state index in [4.69, 9.17) is 5.73 Å². The van der Waals surface area contributed by atoms with Gasteiger partial charge in [0, 0.05) is 37.9 Å². The highest BCUT2D eigenvalue weighted by atomic mass is 32.2. The van der Waals surface area contributed by atoms with Crippen LogP contribution in [0.1, 0.15) is 6.92 Å². The van der Waals surface area contributed by atoms with E-state index in [9.17, 15) is 8.42 Å². The number of hydrogen-bond acceptors (Lipinski definition) is 7. The number of nitrogen functional groups attached to an aromatic ring is 1. The van der Waals surface area contributed by atoms with Crippen molar-refractivity contribution in [2.24, 2.45) is 5.92 Å². The average molecular weight is 337 g/mol. The van der Waals surface area contributed by atoms with Crippen LogP contribution in [-0.4, -0.2) is 57.9 Å². The lowest BCUT2D eigenvalue weighted by atomic mass is 10.0. The zero-order valence-corrected chi connectivity index (χ0v) is 13.6. The molecule has 3 heterocycles. The Balaban J connectivity index is 1.61. The first-order chi connectivity index (χ1) is 11.0. The molecule has 0 atom stereocenters. The third-order valence-corrected chi connectivity index (χ3v) is 5.64. The molecule has 1 aliphatic heterocycles. The van der Waals surface area contributed by atoms with Crippen LogP contribution in [-0.2, 0) is 10.0 Å². The number of nitrogens with two attached hydrogens (primary N) is 1. The number of hydrogen-bond donors (Lipinski definition) is 2. The topological polar surface area (TPSA) is 119 Å². The van der Waals surface area contributed by atoms with Crippen molar-refractivity contribution in [2.45, 2.75) is 6.92 Å². The Kier molecular flexibility index (Phi) is 4.18. The van der Waals surface area contributed by atoms with E-state index in [2.05, 4.69) is 20.4 Å². The standard InChI is InChI=1S/C13H19N7O2S/c1-2-23(21,22)19-7-10(8-19)6-15-12-11(14)13(17-9-16-12)20-5-3-4-18-20/h3-5,9-10H,2,6-8,14H2,1H3,(H,15,16,17). The number of nitrogens with one attached hydrogen (secondary N) is 1. The molecular weight excluding hydrogens is 318 g/mol. The van der Waals surface area contributed by atoms with E-state index in [-0.39, 0.29) is 11.7 Å². The highest BCUT2D eigenvalue weighted by Crippen LogP contribution is 2.24. The molecule has 2 aromatic rings. The van der Waals surface area contributed by atoms with E-state index in [1.165, 1.54) is 10.6 Å². The average Bonchev–Trinajstić information content (AvgIpc) is 3.01. The van der Waals surface area contributed by atoms with Gasteiger partial charge in [0.15, 0.2) is 11.6 Å². The molecule has 0 amide bonds. The number of nitrogens with zero attached hydrogens (tertiary/aromatic N) is 5. The minimum absolute atomic E-state index is 0.138. The fourth-order valence-corrected chi connectivity index (χ4v) is 3.65. The molecule has 124 valence electrons. The van der Waals surface area contributed by atoms with Gasteiger partial charge >= 0.3 is 0 Å². The summed E-state index contributed by atoms with van der Waals surface area (Å²) >= 11 is 0. The van der Waals surface area contributed by atoms with Gasteiger partial charge in [-0.1, -0.05) is 0 Å². The summed E-state index contributed by atoms with van der Waals surface area (Å²) in [6.07, 6.45) is 4.82. The SMILES string of the molecule is CCS(=O)(=O)N1CC(CNc2ncnc(-n3cccn3)c2N)C1. The van der Waals surface area contributed by atoms with Gasteiger partial charge in [-0.25, -0.2) is 27.4 Å². The van der Waals surface area contributed by atoms with Crippen LogP contribution in [0.2, 0.25) is 0 Å². The number of aromatic nitrogens is 4. The highest BCUT2D eigenvalue weighted by molar-refractivity contribution is 7.89. The first-order valence-corrected chi connectivity index (χ1v) is 8.94. The second kappa shape index (κ2) is 6.13. The van der Waals surface area contributed by atoms with Gasteiger partial charge in [-0.05, 0) is 13.0 Å². The Hall–Kier alpha value is -2.20. The first-order valence-electron chi connectivity index (χ1n) is 7.33. The molecule has 1 fully saturated rings. The first kappa shape index (κ1) is 15.7. The number of anilines is 2. The van der Waals surface area contributed by atoms with Crippen LogP contribution in [0.5, 0.6) is 0 Å². The Morgan fingerprint density at radius 1 is 1.39 bits per heavy atom. The third-order valence-electron chi connectivity index (χ3n) is 3.82. The molecule has 0 saturated carbocycles. The maximum Gasteiger partial charge on any atom is 0.213 e. The molecule has 0 spiro atoms. The van der Waals surface area contributed by atoms with Crippen molar-refractivity contribution >= 4 is 21.5 Å². The molecule has 1 saturated heterocycles. The Morgan fingerprint density at radius 3 is 2.83 bits per heavy atom. The molecule has 3 N–H and O–H groups in total. The van der Waals surface area contributed by atoms with Crippen LogP contribution < -0.4 is 11.1 Å². The summed E-state index contributed by atoms with van der Waals surface area (Å²) in [5.74, 6) is 1.43. The molecule has 2 aromatic heterocycles. The summed E-state index contributed by atoms with van der Waals surface area (Å²) in [6, 6.07) is 1.78. The predicted octanol–water partition coefficient (Wildman–Crippen LogP) is -0.0621. The molecule has 0 aliphatic carbocycles. The normalized spacial score (nSPS) is 16.2. The smallest absolute Gasteiger partial charge is 0.213 e. The van der Waals surface area contributed by atoms with E-state index in [0.717, 1.165) is 0 Å². The lowest BCUT2D eigenvalue weighted by Crippen LogP contribution is -2.52. The Labute approximate surface area is 134 Å². The van der Waals surface area contributed by atoms with Gasteiger partial charge in [0.2, 0.25) is 10.0 Å². The molecule has 0 bridgehead atoms. The third kappa shape index (κ3) is 3.13. The number of sulfonamides is 1. The van der Waals surface area contributed by atoms with Crippen molar-refractivity contribution < 1.29 is 8.42 Å². The fraction of sp³-hybridized carbons (Fsp3) is 0.462. The van der Waals surface area contributed by atoms with E-state index < -0.39 is 10.0 Å². The van der Waals surface area contributed by atoms with Gasteiger partial charge in [0.1, 0.15) is 12.0 Å². The highest BCUT2D eigenvalue weighted by Gasteiger charge is 2.34. The molecule has 9 nitrogen and oxygen atoms in total. The van der Waals surface area contributed by atoms with E-state index >= 15 is 0 Å². The van der Waals surface area contributed by atoms with Crippen molar-refractivity contribution in [1.82, 2.24) is 24.1 Å². The summed E-state index contributed by atoms with van der Waals surface area (Å²) in [4.78, 5) is 8.28. The van der Waals surface area contributed by atoms with Crippen molar-refractivity contribution in [1.29, 1.82) is 0 Å². The second-order valence-corrected chi connectivity index (χ2v) is 7.63. The summed E-state index contributed by atoms with van der Waals surface area (Å²) in [5, 5.41) is 7.27. The van der Waals surface area contributed by atoms with Gasteiger partial charge in [-0.2, -0.15) is 5.10 Å². The van der Waals surface area contributed by atoms with Crippen LogP contribution in [0.15, 0.2) is 24.8 Å². The molecule has 3 rings (SSSR count). The quantitative estimate of drug-likeness (QED) is 0.757. The van der Waals surface area contributed by atoms with Crippen molar-refractivity contribution in [3.8, 4) is 5.82 Å². The molecule has 0 aromatic carbocycles. The zero-order chi connectivity index (χ0) is 16.4. The van der Waals surface area contributed by atoms with Crippen LogP contribution in [0.4, 0.5) is 11.5 Å². The van der Waals surface area contributed by atoms with Crippen molar-refractivity contribution in [3.05, 3.63) is 24.8 Å². The molecule has 0 radical (unpaired) electrons. The van der Waals surface area contributed by atoms with Gasteiger partial charge < -0.3 is 11.1 Å². The molecule has 0 unspecified atom stereocenters. The van der Waals surface area contributed by atoms with E-state index in [1.807, 2.05) is 0 Å². The van der Waals surface area contributed by atoms with Gasteiger partial charge in [0.05, 0.1) is 5.75 Å². The van der Waals surface area contributed by atoms with Crippen LogP contribution in [0.3, 0.4) is 0 Å². The summed E-state index contributed by atoms with van der Waals surface area (Å²) in [7, 11) is -3.08. The molecular formula is C13H19N7O2S. The summed E-state index contributed by atoms with van der Waals surface area (Å²) in [5.41, 5.74) is 6.49. The van der Waals surface area contributed by atoms with Crippen molar-refractivity contribution in [2.75, 3.05) is 36.4 Å². The molecule has 10 heteroatoms. The monoisotopic (exact) mass is 337 g/mol. The van der Waals surface area contributed by atoms with E-state index in [0.29, 0.717) is 37.0 Å². The molecule has 23 heavy (non-hydrogen) atoms. The summed E-state index contributed by atoms with van der Waals surface area (Å²) < 4.78 is 26.4. The zero-order valence-electron chi connectivity index (χ0n) is 12.8. The Morgan fingerprint density at radius 2 is 2.17 bits per heavy atom. The van der Waals surface area contributed by atoms with E-state index in [1.54, 1.807) is 30.1 Å². The summed E-state index contributed by atoms with van der Waals surface area (Å²) in [6.45, 7) is 3.31. The Bertz CT molecular complexity index is 770. The number of rotatable bonds is 6. The minimum atomic E-state index is -3.08. The van der Waals surface area contributed by atoms with Gasteiger partial charge in [-0.3, -0.25) is 0 Å². The van der Waals surface area contributed by atoms with Crippen LogP contribution >= 0.6 is 0 Å².